The maximum Gasteiger partial charge on any atom is 0.145 e. The van der Waals surface area contributed by atoms with Crippen molar-refractivity contribution in [3.8, 4) is 5.75 Å². The zero-order valence-corrected chi connectivity index (χ0v) is 11.4. The lowest BCUT2D eigenvalue weighted by atomic mass is 9.63. The minimum absolute atomic E-state index is 0.159. The lowest BCUT2D eigenvalue weighted by Crippen LogP contribution is -2.41. The molecular weight excluding hydrogens is 236 g/mol. The van der Waals surface area contributed by atoms with Crippen LogP contribution in [0.25, 0.3) is 10.9 Å². The number of nitrogens with two attached hydrogens (primary N) is 1. The highest BCUT2D eigenvalue weighted by atomic mass is 16.5. The van der Waals surface area contributed by atoms with Gasteiger partial charge in [-0.25, -0.2) is 0 Å². The summed E-state index contributed by atoms with van der Waals surface area (Å²) < 4.78 is 5.68. The molecule has 0 spiro atoms. The molecule has 1 aromatic heterocycles. The number of hydrogen-bond donors (Lipinski definition) is 1. The van der Waals surface area contributed by atoms with Gasteiger partial charge in [-0.05, 0) is 37.5 Å². The first-order valence-corrected chi connectivity index (χ1v) is 7.02. The molecule has 19 heavy (non-hydrogen) atoms. The highest BCUT2D eigenvalue weighted by Gasteiger charge is 2.38. The van der Waals surface area contributed by atoms with E-state index in [1.54, 1.807) is 0 Å². The molecule has 1 aliphatic rings. The minimum Gasteiger partial charge on any atom is -0.492 e. The maximum absolute atomic E-state index is 6.04. The summed E-state index contributed by atoms with van der Waals surface area (Å²) in [5.41, 5.74) is 8.50. The van der Waals surface area contributed by atoms with Gasteiger partial charge in [0.15, 0.2) is 0 Å². The van der Waals surface area contributed by atoms with Crippen molar-refractivity contribution in [1.82, 2.24) is 4.98 Å². The molecule has 0 saturated heterocycles. The number of hydrogen-bond acceptors (Lipinski definition) is 3. The largest absolute Gasteiger partial charge is 0.492 e. The lowest BCUT2D eigenvalue weighted by Gasteiger charge is -2.42. The van der Waals surface area contributed by atoms with Crippen molar-refractivity contribution in [3.05, 3.63) is 36.0 Å². The van der Waals surface area contributed by atoms with Gasteiger partial charge in [-0.15, -0.1) is 0 Å². The van der Waals surface area contributed by atoms with Crippen LogP contribution in [0.1, 0.15) is 31.7 Å². The molecule has 2 aromatic rings. The Morgan fingerprint density at radius 2 is 2.16 bits per heavy atom. The number of benzene rings is 1. The predicted octanol–water partition coefficient (Wildman–Crippen LogP) is 3.01. The summed E-state index contributed by atoms with van der Waals surface area (Å²) in [4.78, 5) is 4.50. The third-order valence-corrected chi connectivity index (χ3v) is 4.31. The number of ether oxygens (including phenoxy) is 1. The Labute approximate surface area is 113 Å². The van der Waals surface area contributed by atoms with Crippen LogP contribution in [0.3, 0.4) is 0 Å². The van der Waals surface area contributed by atoms with E-state index in [1.807, 2.05) is 25.3 Å². The molecule has 3 heteroatoms. The van der Waals surface area contributed by atoms with Crippen LogP contribution in [0, 0.1) is 0 Å². The molecule has 3 rings (SSSR count). The second-order valence-corrected chi connectivity index (χ2v) is 5.28. The van der Waals surface area contributed by atoms with Crippen molar-refractivity contribution in [1.29, 1.82) is 0 Å². The molecule has 1 saturated carbocycles. The van der Waals surface area contributed by atoms with Crippen LogP contribution < -0.4 is 10.5 Å². The van der Waals surface area contributed by atoms with Gasteiger partial charge in [-0.3, -0.25) is 4.98 Å². The zero-order valence-electron chi connectivity index (χ0n) is 11.4. The van der Waals surface area contributed by atoms with Crippen LogP contribution in [0.4, 0.5) is 0 Å². The second kappa shape index (κ2) is 4.82. The van der Waals surface area contributed by atoms with Crippen LogP contribution in [-0.4, -0.2) is 18.1 Å². The highest BCUT2D eigenvalue weighted by molar-refractivity contribution is 5.88. The van der Waals surface area contributed by atoms with Crippen molar-refractivity contribution in [3.63, 3.8) is 0 Å². The molecule has 2 N–H and O–H groups in total. The third-order valence-electron chi connectivity index (χ3n) is 4.31. The summed E-state index contributed by atoms with van der Waals surface area (Å²) in [6.45, 7) is 3.37. The van der Waals surface area contributed by atoms with Gasteiger partial charge in [-0.2, -0.15) is 0 Å². The fourth-order valence-electron chi connectivity index (χ4n) is 3.07. The van der Waals surface area contributed by atoms with E-state index in [2.05, 4.69) is 17.1 Å². The van der Waals surface area contributed by atoms with Gasteiger partial charge in [0.05, 0.1) is 6.61 Å². The number of pyridine rings is 1. The standard InChI is InChI=1S/C16H20N2O/c1-2-19-14-7-6-13(16(11-17)8-4-9-16)12-5-3-10-18-15(12)14/h3,5-7,10H,2,4,8-9,11,17H2,1H3. The Kier molecular flexibility index (Phi) is 3.15. The van der Waals surface area contributed by atoms with E-state index in [0.29, 0.717) is 13.2 Å². The second-order valence-electron chi connectivity index (χ2n) is 5.28. The zero-order chi connectivity index (χ0) is 13.3. The van der Waals surface area contributed by atoms with Crippen molar-refractivity contribution in [2.45, 2.75) is 31.6 Å². The molecule has 0 aliphatic heterocycles. The van der Waals surface area contributed by atoms with E-state index in [0.717, 1.165) is 11.3 Å². The van der Waals surface area contributed by atoms with Gasteiger partial charge in [0.1, 0.15) is 11.3 Å². The molecule has 0 atom stereocenters. The first kappa shape index (κ1) is 12.4. The van der Waals surface area contributed by atoms with E-state index >= 15 is 0 Å². The molecule has 1 heterocycles. The fraction of sp³-hybridized carbons (Fsp3) is 0.438. The van der Waals surface area contributed by atoms with E-state index in [1.165, 1.54) is 30.2 Å². The Morgan fingerprint density at radius 3 is 2.79 bits per heavy atom. The molecule has 100 valence electrons. The normalized spacial score (nSPS) is 17.2. The summed E-state index contributed by atoms with van der Waals surface area (Å²) in [5, 5.41) is 1.19. The molecular formula is C16H20N2O. The van der Waals surface area contributed by atoms with Crippen LogP contribution in [-0.2, 0) is 5.41 Å². The quantitative estimate of drug-likeness (QED) is 0.914. The highest BCUT2D eigenvalue weighted by Crippen LogP contribution is 2.46. The molecule has 0 amide bonds. The van der Waals surface area contributed by atoms with Crippen molar-refractivity contribution < 1.29 is 4.74 Å². The fourth-order valence-corrected chi connectivity index (χ4v) is 3.07. The van der Waals surface area contributed by atoms with Crippen LogP contribution in [0.5, 0.6) is 5.75 Å². The van der Waals surface area contributed by atoms with Crippen molar-refractivity contribution >= 4 is 10.9 Å². The van der Waals surface area contributed by atoms with Crippen LogP contribution in [0.15, 0.2) is 30.5 Å². The molecule has 1 fully saturated rings. The van der Waals surface area contributed by atoms with Gasteiger partial charge < -0.3 is 10.5 Å². The summed E-state index contributed by atoms with van der Waals surface area (Å²) in [7, 11) is 0. The Hall–Kier alpha value is -1.61. The van der Waals surface area contributed by atoms with Crippen molar-refractivity contribution in [2.24, 2.45) is 5.73 Å². The SMILES string of the molecule is CCOc1ccc(C2(CN)CCC2)c2cccnc12. The Morgan fingerprint density at radius 1 is 1.32 bits per heavy atom. The first-order chi connectivity index (χ1) is 9.30. The minimum atomic E-state index is 0.159. The molecule has 3 nitrogen and oxygen atoms in total. The van der Waals surface area contributed by atoms with Gasteiger partial charge >= 0.3 is 0 Å². The molecule has 0 radical (unpaired) electrons. The van der Waals surface area contributed by atoms with E-state index in [-0.39, 0.29) is 5.41 Å². The summed E-state index contributed by atoms with van der Waals surface area (Å²) in [5.74, 6) is 0.869. The third kappa shape index (κ3) is 1.89. The van der Waals surface area contributed by atoms with Gasteiger partial charge in [-0.1, -0.05) is 18.6 Å². The maximum atomic E-state index is 6.04. The van der Waals surface area contributed by atoms with E-state index in [9.17, 15) is 0 Å². The first-order valence-electron chi connectivity index (χ1n) is 7.02. The Balaban J connectivity index is 2.19. The van der Waals surface area contributed by atoms with Gasteiger partial charge in [0, 0.05) is 23.5 Å². The average Bonchev–Trinajstić information content (AvgIpc) is 2.40. The van der Waals surface area contributed by atoms with Gasteiger partial charge in [0.25, 0.3) is 0 Å². The average molecular weight is 256 g/mol. The molecule has 0 unspecified atom stereocenters. The molecule has 1 aromatic carbocycles. The van der Waals surface area contributed by atoms with E-state index in [4.69, 9.17) is 10.5 Å². The predicted molar refractivity (Wildman–Crippen MR) is 77.5 cm³/mol. The van der Waals surface area contributed by atoms with Gasteiger partial charge in [0.2, 0.25) is 0 Å². The summed E-state index contributed by atoms with van der Waals surface area (Å²) in [6, 6.07) is 8.35. The summed E-state index contributed by atoms with van der Waals surface area (Å²) in [6.07, 6.45) is 5.46. The van der Waals surface area contributed by atoms with Crippen molar-refractivity contribution in [2.75, 3.05) is 13.2 Å². The Bertz CT molecular complexity index is 585. The van der Waals surface area contributed by atoms with Crippen LogP contribution in [0.2, 0.25) is 0 Å². The topological polar surface area (TPSA) is 48.1 Å². The lowest BCUT2D eigenvalue weighted by molar-refractivity contribution is 0.255. The molecule has 0 bridgehead atoms. The monoisotopic (exact) mass is 256 g/mol. The number of aromatic nitrogens is 1. The number of fused-ring (bicyclic) bond motifs is 1. The number of rotatable bonds is 4. The number of nitrogens with zero attached hydrogens (tertiary/aromatic N) is 1. The molecule has 1 aliphatic carbocycles. The van der Waals surface area contributed by atoms with E-state index < -0.39 is 0 Å². The van der Waals surface area contributed by atoms with Crippen LogP contribution >= 0.6 is 0 Å². The summed E-state index contributed by atoms with van der Waals surface area (Å²) >= 11 is 0. The smallest absolute Gasteiger partial charge is 0.145 e.